The molecular weight excluding hydrogens is 551 g/mol. The molecule has 11 nitrogen and oxygen atoms in total. The highest BCUT2D eigenvalue weighted by atomic mass is 19.4. The Morgan fingerprint density at radius 3 is 2.60 bits per heavy atom. The molecule has 1 aliphatic heterocycles. The number of hydrogen-bond donors (Lipinski definition) is 2. The van der Waals surface area contributed by atoms with Gasteiger partial charge in [0, 0.05) is 48.1 Å². The average molecular weight is 578 g/mol. The van der Waals surface area contributed by atoms with Gasteiger partial charge in [0.05, 0.1) is 36.8 Å². The first-order valence-corrected chi connectivity index (χ1v) is 13.4. The largest absolute Gasteiger partial charge is 0.405 e. The van der Waals surface area contributed by atoms with Crippen molar-refractivity contribution in [2.45, 2.75) is 37.4 Å². The van der Waals surface area contributed by atoms with Gasteiger partial charge in [-0.3, -0.25) is 9.48 Å². The number of rotatable bonds is 8. The molecule has 6 rings (SSSR count). The van der Waals surface area contributed by atoms with Crippen LogP contribution in [0.3, 0.4) is 0 Å². The minimum absolute atomic E-state index is 0.134. The molecule has 216 valence electrons. The van der Waals surface area contributed by atoms with Crippen molar-refractivity contribution in [3.63, 3.8) is 0 Å². The van der Waals surface area contributed by atoms with Crippen LogP contribution in [-0.2, 0) is 10.3 Å². The van der Waals surface area contributed by atoms with Gasteiger partial charge in [-0.2, -0.15) is 28.6 Å². The number of carbonyl (C=O) groups is 2. The van der Waals surface area contributed by atoms with Gasteiger partial charge in [0.2, 0.25) is 5.91 Å². The minimum Gasteiger partial charge on any atom is -0.338 e. The number of carbonyl (C=O) groups excluding carboxylic acids is 2. The molecule has 4 aromatic rings. The van der Waals surface area contributed by atoms with Gasteiger partial charge >= 0.3 is 12.2 Å². The summed E-state index contributed by atoms with van der Waals surface area (Å²) in [6.45, 7) is -0.534. The Morgan fingerprint density at radius 1 is 1.07 bits per heavy atom. The fourth-order valence-electron chi connectivity index (χ4n) is 5.04. The molecule has 0 unspecified atom stereocenters. The normalized spacial score (nSPS) is 16.1. The Balaban J connectivity index is 1.17. The quantitative estimate of drug-likeness (QED) is 0.323. The zero-order valence-electron chi connectivity index (χ0n) is 22.3. The molecule has 1 aromatic carbocycles. The van der Waals surface area contributed by atoms with Gasteiger partial charge in [0.1, 0.15) is 12.1 Å². The third-order valence-corrected chi connectivity index (χ3v) is 7.48. The van der Waals surface area contributed by atoms with Crippen LogP contribution in [0, 0.1) is 17.2 Å². The number of alkyl halides is 3. The van der Waals surface area contributed by atoms with Gasteiger partial charge < -0.3 is 15.5 Å². The van der Waals surface area contributed by atoms with Crippen LogP contribution >= 0.6 is 0 Å². The zero-order chi connectivity index (χ0) is 29.5. The standard InChI is InChI=1S/C28H26F3N9O2/c29-28(30,31)15-33-26(42)36-22-3-1-2-19(9-22)23-14-39-24(37-23)10-20(11-34-39)21-12-35-40(13-21)27(6-7-32)16-38(17-27)25(41)8-18-4-5-18/h1-3,9-14,18H,4-6,8,15-17H2,(H2,33,36,42). The molecule has 2 aliphatic rings. The number of aromatic nitrogens is 5. The fourth-order valence-corrected chi connectivity index (χ4v) is 5.04. The molecule has 2 N–H and O–H groups in total. The average Bonchev–Trinajstić information content (AvgIpc) is 3.42. The first kappa shape index (κ1) is 27.3. The lowest BCUT2D eigenvalue weighted by Crippen LogP contribution is -2.64. The van der Waals surface area contributed by atoms with Crippen molar-refractivity contribution < 1.29 is 22.8 Å². The van der Waals surface area contributed by atoms with E-state index in [2.05, 4.69) is 26.6 Å². The lowest BCUT2D eigenvalue weighted by molar-refractivity contribution is -0.143. The monoisotopic (exact) mass is 577 g/mol. The number of nitriles is 1. The van der Waals surface area contributed by atoms with Crippen molar-refractivity contribution in [1.29, 1.82) is 5.26 Å². The molecule has 1 saturated heterocycles. The van der Waals surface area contributed by atoms with Gasteiger partial charge in [0.15, 0.2) is 5.65 Å². The molecule has 3 amide bonds. The predicted molar refractivity (Wildman–Crippen MR) is 145 cm³/mol. The summed E-state index contributed by atoms with van der Waals surface area (Å²) < 4.78 is 40.5. The molecule has 14 heteroatoms. The van der Waals surface area contributed by atoms with Gasteiger partial charge in [-0.05, 0) is 37.0 Å². The smallest absolute Gasteiger partial charge is 0.338 e. The van der Waals surface area contributed by atoms with Crippen LogP contribution in [0.4, 0.5) is 23.7 Å². The minimum atomic E-state index is -4.51. The van der Waals surface area contributed by atoms with Crippen LogP contribution in [0.25, 0.3) is 28.0 Å². The molecule has 0 bridgehead atoms. The Hall–Kier alpha value is -4.93. The summed E-state index contributed by atoms with van der Waals surface area (Å²) in [6, 6.07) is 9.69. The third-order valence-electron chi connectivity index (χ3n) is 7.48. The van der Waals surface area contributed by atoms with E-state index in [0.717, 1.165) is 24.0 Å². The molecule has 0 atom stereocenters. The van der Waals surface area contributed by atoms with Crippen LogP contribution < -0.4 is 10.6 Å². The molecular formula is C28H26F3N9O2. The second-order valence-electron chi connectivity index (χ2n) is 10.8. The predicted octanol–water partition coefficient (Wildman–Crippen LogP) is 4.19. The number of hydrogen-bond acceptors (Lipinski definition) is 6. The highest BCUT2D eigenvalue weighted by Crippen LogP contribution is 2.37. The van der Waals surface area contributed by atoms with E-state index < -0.39 is 24.3 Å². The second-order valence-corrected chi connectivity index (χ2v) is 10.8. The summed E-state index contributed by atoms with van der Waals surface area (Å²) in [5, 5.41) is 22.6. The number of imidazole rings is 1. The molecule has 3 aromatic heterocycles. The maximum absolute atomic E-state index is 12.5. The highest BCUT2D eigenvalue weighted by molar-refractivity contribution is 5.90. The van der Waals surface area contributed by atoms with Crippen molar-refractivity contribution in [3.05, 3.63) is 55.1 Å². The first-order chi connectivity index (χ1) is 20.1. The summed E-state index contributed by atoms with van der Waals surface area (Å²) in [5.41, 5.74) is 3.01. The van der Waals surface area contributed by atoms with Gasteiger partial charge in [-0.1, -0.05) is 12.1 Å². The van der Waals surface area contributed by atoms with Gasteiger partial charge in [0.25, 0.3) is 0 Å². The number of urea groups is 1. The van der Waals surface area contributed by atoms with Crippen LogP contribution in [0.1, 0.15) is 25.7 Å². The number of likely N-dealkylation sites (tertiary alicyclic amines) is 1. The van der Waals surface area contributed by atoms with Gasteiger partial charge in [-0.15, -0.1) is 0 Å². The summed E-state index contributed by atoms with van der Waals surface area (Å²) in [4.78, 5) is 30.8. The Bertz CT molecular complexity index is 1690. The van der Waals surface area contributed by atoms with E-state index >= 15 is 0 Å². The third kappa shape index (κ3) is 5.76. The maximum Gasteiger partial charge on any atom is 0.405 e. The van der Waals surface area contributed by atoms with E-state index in [4.69, 9.17) is 0 Å². The number of nitrogens with one attached hydrogen (secondary N) is 2. The van der Waals surface area contributed by atoms with E-state index in [-0.39, 0.29) is 12.3 Å². The fraction of sp³-hybridized carbons (Fsp3) is 0.357. The van der Waals surface area contributed by atoms with Crippen molar-refractivity contribution in [2.24, 2.45) is 5.92 Å². The Labute approximate surface area is 237 Å². The molecule has 4 heterocycles. The van der Waals surface area contributed by atoms with Crippen molar-refractivity contribution in [2.75, 3.05) is 25.0 Å². The van der Waals surface area contributed by atoms with Crippen LogP contribution in [0.2, 0.25) is 0 Å². The molecule has 42 heavy (non-hydrogen) atoms. The van der Waals surface area contributed by atoms with E-state index in [9.17, 15) is 28.0 Å². The first-order valence-electron chi connectivity index (χ1n) is 13.4. The summed E-state index contributed by atoms with van der Waals surface area (Å²) >= 11 is 0. The van der Waals surface area contributed by atoms with Gasteiger partial charge in [-0.25, -0.2) is 14.3 Å². The number of anilines is 1. The molecule has 1 aliphatic carbocycles. The molecule has 2 fully saturated rings. The molecule has 0 spiro atoms. The second kappa shape index (κ2) is 10.5. The number of nitrogens with zero attached hydrogens (tertiary/aromatic N) is 7. The number of fused-ring (bicyclic) bond motifs is 1. The zero-order valence-corrected chi connectivity index (χ0v) is 22.3. The van der Waals surface area contributed by atoms with E-state index in [1.807, 2.05) is 12.3 Å². The van der Waals surface area contributed by atoms with E-state index in [1.54, 1.807) is 62.3 Å². The van der Waals surface area contributed by atoms with Crippen LogP contribution in [0.5, 0.6) is 0 Å². The SMILES string of the molecule is N#CCC1(n2cc(-c3cnn4cc(-c5cccc(NC(=O)NCC(F)(F)F)c5)nc4c3)cn2)CN(C(=O)CC2CC2)C1. The van der Waals surface area contributed by atoms with E-state index in [0.29, 0.717) is 48.0 Å². The topological polar surface area (TPSA) is 133 Å². The summed E-state index contributed by atoms with van der Waals surface area (Å²) in [5.74, 6) is 0.637. The number of halogens is 3. The Kier molecular flexibility index (Phi) is 6.80. The van der Waals surface area contributed by atoms with Crippen molar-refractivity contribution in [3.8, 4) is 28.5 Å². The van der Waals surface area contributed by atoms with E-state index in [1.165, 1.54) is 0 Å². The van der Waals surface area contributed by atoms with Crippen molar-refractivity contribution in [1.82, 2.24) is 34.6 Å². The summed E-state index contributed by atoms with van der Waals surface area (Å²) in [6.07, 6.45) is 5.45. The maximum atomic E-state index is 12.5. The van der Waals surface area contributed by atoms with Crippen molar-refractivity contribution >= 4 is 23.3 Å². The lowest BCUT2D eigenvalue weighted by atomic mass is 9.86. The molecule has 1 saturated carbocycles. The lowest BCUT2D eigenvalue weighted by Gasteiger charge is -2.49. The number of amides is 3. The number of benzene rings is 1. The highest BCUT2D eigenvalue weighted by Gasteiger charge is 2.48. The molecule has 0 radical (unpaired) electrons. The van der Waals surface area contributed by atoms with Crippen LogP contribution in [0.15, 0.2) is 55.1 Å². The van der Waals surface area contributed by atoms with Crippen LogP contribution in [-0.4, -0.2) is 67.0 Å². The summed E-state index contributed by atoms with van der Waals surface area (Å²) in [7, 11) is 0. The Morgan fingerprint density at radius 2 is 1.86 bits per heavy atom.